The number of nitrogens with zero attached hydrogens (tertiary/aromatic N) is 2. The van der Waals surface area contributed by atoms with E-state index in [0.29, 0.717) is 18.5 Å². The molecule has 2 aromatic rings. The summed E-state index contributed by atoms with van der Waals surface area (Å²) in [5.41, 5.74) is 4.83. The molecule has 1 heterocycles. The van der Waals surface area contributed by atoms with Crippen LogP contribution in [0.25, 0.3) is 5.69 Å². The van der Waals surface area contributed by atoms with E-state index in [1.807, 2.05) is 35.9 Å². The molecule has 2 aliphatic rings. The highest BCUT2D eigenvalue weighted by Gasteiger charge is 2.36. The lowest BCUT2D eigenvalue weighted by molar-refractivity contribution is -0.145. The molecule has 6 heteroatoms. The van der Waals surface area contributed by atoms with Gasteiger partial charge in [-0.3, -0.25) is 9.59 Å². The number of fused-ring (bicyclic) bond motifs is 1. The van der Waals surface area contributed by atoms with Crippen LogP contribution in [0, 0.1) is 12.8 Å². The van der Waals surface area contributed by atoms with Crippen molar-refractivity contribution in [3.63, 3.8) is 0 Å². The van der Waals surface area contributed by atoms with E-state index in [0.717, 1.165) is 42.6 Å². The van der Waals surface area contributed by atoms with Crippen molar-refractivity contribution < 1.29 is 14.7 Å². The van der Waals surface area contributed by atoms with Crippen molar-refractivity contribution in [2.75, 3.05) is 0 Å². The quantitative estimate of drug-likeness (QED) is 0.885. The van der Waals surface area contributed by atoms with Crippen LogP contribution in [-0.2, 0) is 17.6 Å². The predicted octanol–water partition coefficient (Wildman–Crippen LogP) is 2.65. The van der Waals surface area contributed by atoms with Crippen LogP contribution >= 0.6 is 0 Å². The van der Waals surface area contributed by atoms with Gasteiger partial charge >= 0.3 is 5.97 Å². The molecule has 1 saturated carbocycles. The van der Waals surface area contributed by atoms with E-state index in [-0.39, 0.29) is 17.9 Å². The van der Waals surface area contributed by atoms with Crippen molar-refractivity contribution in [1.82, 2.24) is 15.1 Å². The van der Waals surface area contributed by atoms with Crippen molar-refractivity contribution in [1.29, 1.82) is 0 Å². The van der Waals surface area contributed by atoms with Crippen LogP contribution in [0.5, 0.6) is 0 Å². The van der Waals surface area contributed by atoms with Gasteiger partial charge < -0.3 is 10.4 Å². The van der Waals surface area contributed by atoms with Gasteiger partial charge in [0.15, 0.2) is 5.69 Å². The first kappa shape index (κ1) is 16.8. The van der Waals surface area contributed by atoms with Gasteiger partial charge in [-0.15, -0.1) is 0 Å². The molecule has 6 nitrogen and oxygen atoms in total. The standard InChI is InChI=1S/C20H23N3O3/c1-12-6-8-15(9-7-12)23-17-5-3-2-4-16(17)18(22-23)19(24)21-14-10-13(11-14)20(25)26/h6-9,13-14H,2-5,10-11H2,1H3,(H,21,24)(H,25,26). The second-order valence-electron chi connectivity index (χ2n) is 7.41. The summed E-state index contributed by atoms with van der Waals surface area (Å²) in [5, 5.41) is 16.6. The van der Waals surface area contributed by atoms with E-state index in [1.54, 1.807) is 0 Å². The Bertz CT molecular complexity index is 848. The number of nitrogens with one attached hydrogen (secondary N) is 1. The number of hydrogen-bond acceptors (Lipinski definition) is 3. The number of rotatable bonds is 4. The molecule has 0 atom stereocenters. The summed E-state index contributed by atoms with van der Waals surface area (Å²) < 4.78 is 1.91. The minimum Gasteiger partial charge on any atom is -0.481 e. The SMILES string of the molecule is Cc1ccc(-n2nc(C(=O)NC3CC(C(=O)O)C3)c3c2CCCC3)cc1. The smallest absolute Gasteiger partial charge is 0.306 e. The van der Waals surface area contributed by atoms with Gasteiger partial charge in [0.2, 0.25) is 0 Å². The number of hydrogen-bond donors (Lipinski definition) is 2. The van der Waals surface area contributed by atoms with Crippen LogP contribution in [-0.4, -0.2) is 32.8 Å². The number of carbonyl (C=O) groups excluding carboxylic acids is 1. The lowest BCUT2D eigenvalue weighted by Crippen LogP contribution is -2.47. The van der Waals surface area contributed by atoms with Crippen molar-refractivity contribution in [2.45, 2.75) is 51.5 Å². The molecular formula is C20H23N3O3. The summed E-state index contributed by atoms with van der Waals surface area (Å²) in [7, 11) is 0. The van der Waals surface area contributed by atoms with Crippen molar-refractivity contribution in [3.8, 4) is 5.69 Å². The number of benzene rings is 1. The molecule has 0 saturated heterocycles. The van der Waals surface area contributed by atoms with Crippen LogP contribution in [0.15, 0.2) is 24.3 Å². The maximum absolute atomic E-state index is 12.8. The van der Waals surface area contributed by atoms with Crippen molar-refractivity contribution in [2.24, 2.45) is 5.92 Å². The fourth-order valence-electron chi connectivity index (χ4n) is 3.87. The average molecular weight is 353 g/mol. The molecule has 0 bridgehead atoms. The summed E-state index contributed by atoms with van der Waals surface area (Å²) in [6, 6.07) is 8.09. The predicted molar refractivity (Wildman–Crippen MR) is 96.6 cm³/mol. The third-order valence-corrected chi connectivity index (χ3v) is 5.50. The Hall–Kier alpha value is -2.63. The van der Waals surface area contributed by atoms with E-state index in [9.17, 15) is 9.59 Å². The molecule has 2 N–H and O–H groups in total. The van der Waals surface area contributed by atoms with Gasteiger partial charge in [-0.2, -0.15) is 5.10 Å². The third kappa shape index (κ3) is 3.00. The molecule has 0 unspecified atom stereocenters. The molecule has 2 aliphatic carbocycles. The van der Waals surface area contributed by atoms with Gasteiger partial charge in [0.1, 0.15) is 0 Å². The number of aryl methyl sites for hydroxylation is 1. The zero-order valence-electron chi connectivity index (χ0n) is 14.9. The van der Waals surface area contributed by atoms with Crippen molar-refractivity contribution in [3.05, 3.63) is 46.8 Å². The topological polar surface area (TPSA) is 84.2 Å². The maximum Gasteiger partial charge on any atom is 0.306 e. The second-order valence-corrected chi connectivity index (χ2v) is 7.41. The van der Waals surface area contributed by atoms with Gasteiger partial charge in [0.05, 0.1) is 11.6 Å². The lowest BCUT2D eigenvalue weighted by Gasteiger charge is -2.32. The highest BCUT2D eigenvalue weighted by Crippen LogP contribution is 2.30. The molecule has 1 amide bonds. The first-order valence-corrected chi connectivity index (χ1v) is 9.24. The molecule has 0 aliphatic heterocycles. The van der Waals surface area contributed by atoms with E-state index in [2.05, 4.69) is 10.4 Å². The number of aromatic nitrogens is 2. The largest absolute Gasteiger partial charge is 0.481 e. The van der Waals surface area contributed by atoms with Gasteiger partial charge in [-0.25, -0.2) is 4.68 Å². The highest BCUT2D eigenvalue weighted by molar-refractivity contribution is 5.94. The van der Waals surface area contributed by atoms with E-state index >= 15 is 0 Å². The van der Waals surface area contributed by atoms with Crippen LogP contribution in [0.2, 0.25) is 0 Å². The first-order valence-electron chi connectivity index (χ1n) is 9.24. The third-order valence-electron chi connectivity index (χ3n) is 5.50. The Morgan fingerprint density at radius 1 is 1.15 bits per heavy atom. The monoisotopic (exact) mass is 353 g/mol. The molecule has 0 spiro atoms. The van der Waals surface area contributed by atoms with E-state index in [4.69, 9.17) is 5.11 Å². The molecule has 136 valence electrons. The van der Waals surface area contributed by atoms with E-state index in [1.165, 1.54) is 5.56 Å². The zero-order valence-corrected chi connectivity index (χ0v) is 14.9. The fraction of sp³-hybridized carbons (Fsp3) is 0.450. The average Bonchev–Trinajstić information content (AvgIpc) is 2.98. The van der Waals surface area contributed by atoms with Crippen molar-refractivity contribution >= 4 is 11.9 Å². The van der Waals surface area contributed by atoms with Gasteiger partial charge in [0.25, 0.3) is 5.91 Å². The molecule has 1 aromatic heterocycles. The van der Waals surface area contributed by atoms with Crippen LogP contribution in [0.1, 0.15) is 53.0 Å². The van der Waals surface area contributed by atoms with Gasteiger partial charge in [-0.05, 0) is 57.6 Å². The summed E-state index contributed by atoms with van der Waals surface area (Å²) in [6.45, 7) is 2.05. The zero-order chi connectivity index (χ0) is 18.3. The Kier molecular flexibility index (Phi) is 4.26. The normalized spacial score (nSPS) is 21.6. The summed E-state index contributed by atoms with van der Waals surface area (Å²) in [6.07, 6.45) is 4.97. The van der Waals surface area contributed by atoms with Crippen LogP contribution in [0.3, 0.4) is 0 Å². The number of amides is 1. The molecule has 4 rings (SSSR count). The summed E-state index contributed by atoms with van der Waals surface area (Å²) in [4.78, 5) is 23.7. The number of aliphatic carboxylic acids is 1. The van der Waals surface area contributed by atoms with Crippen LogP contribution in [0.4, 0.5) is 0 Å². The summed E-state index contributed by atoms with van der Waals surface area (Å²) >= 11 is 0. The fourth-order valence-corrected chi connectivity index (χ4v) is 3.87. The number of carboxylic acids is 1. The number of carbonyl (C=O) groups is 2. The minimum atomic E-state index is -0.781. The molecule has 0 radical (unpaired) electrons. The molecule has 26 heavy (non-hydrogen) atoms. The van der Waals surface area contributed by atoms with Gasteiger partial charge in [0, 0.05) is 17.3 Å². The Labute approximate surface area is 152 Å². The minimum absolute atomic E-state index is 0.0626. The maximum atomic E-state index is 12.8. The molecule has 1 aromatic carbocycles. The number of carboxylic acid groups (broad SMARTS) is 1. The molecule has 1 fully saturated rings. The first-order chi connectivity index (χ1) is 12.5. The molecular weight excluding hydrogens is 330 g/mol. The Morgan fingerprint density at radius 3 is 2.54 bits per heavy atom. The Balaban J connectivity index is 1.59. The van der Waals surface area contributed by atoms with E-state index < -0.39 is 5.97 Å². The summed E-state index contributed by atoms with van der Waals surface area (Å²) in [5.74, 6) is -1.29. The Morgan fingerprint density at radius 2 is 1.85 bits per heavy atom. The second kappa shape index (κ2) is 6.59. The highest BCUT2D eigenvalue weighted by atomic mass is 16.4. The lowest BCUT2D eigenvalue weighted by atomic mass is 9.80. The van der Waals surface area contributed by atoms with Gasteiger partial charge in [-0.1, -0.05) is 17.7 Å². The van der Waals surface area contributed by atoms with Crippen LogP contribution < -0.4 is 5.32 Å².